The number of carboxylic acids is 1. The lowest BCUT2D eigenvalue weighted by atomic mass is 9.86. The van der Waals surface area contributed by atoms with Crippen LogP contribution in [0, 0.1) is 0 Å². The first-order chi connectivity index (χ1) is 16.0. The number of hydrogen-bond acceptors (Lipinski definition) is 3. The van der Waals surface area contributed by atoms with E-state index in [9.17, 15) is 14.7 Å². The Kier molecular flexibility index (Phi) is 8.52. The summed E-state index contributed by atoms with van der Waals surface area (Å²) in [4.78, 5) is 26.7. The number of nitrogens with one attached hydrogen (secondary N) is 2. The van der Waals surface area contributed by atoms with Crippen LogP contribution in [0.5, 0.6) is 5.75 Å². The van der Waals surface area contributed by atoms with Crippen LogP contribution in [0.1, 0.15) is 78.9 Å². The normalized spacial score (nSPS) is 12.0. The number of amides is 1. The standard InChI is InChI=1S/C27H34N2O4/c1-4-7-20(21-12-11-19(27(31)32)16-25(21)33-3)23-17-29-24-13-10-18(15-22(23)24)8-6-9-26(30)28-14-5-2/h10-13,15-17,20,29H,4-9,14H2,1-3H3,(H,28,30)(H,31,32). The molecule has 0 spiro atoms. The second kappa shape index (κ2) is 11.5. The van der Waals surface area contributed by atoms with Gasteiger partial charge in [0.15, 0.2) is 0 Å². The highest BCUT2D eigenvalue weighted by Gasteiger charge is 2.22. The zero-order valence-electron chi connectivity index (χ0n) is 19.7. The van der Waals surface area contributed by atoms with Crippen LogP contribution in [-0.2, 0) is 11.2 Å². The minimum Gasteiger partial charge on any atom is -0.496 e. The number of rotatable bonds is 12. The SMILES string of the molecule is CCCNC(=O)CCCc1ccc2[nH]cc(C(CCC)c3ccc(C(=O)O)cc3OC)c2c1. The highest BCUT2D eigenvalue weighted by molar-refractivity contribution is 5.89. The molecule has 0 fully saturated rings. The molecule has 3 N–H and O–H groups in total. The third-order valence-electron chi connectivity index (χ3n) is 6.03. The van der Waals surface area contributed by atoms with Crippen LogP contribution >= 0.6 is 0 Å². The van der Waals surface area contributed by atoms with Crippen molar-refractivity contribution in [3.8, 4) is 5.75 Å². The van der Waals surface area contributed by atoms with Crippen LogP contribution in [0.3, 0.4) is 0 Å². The van der Waals surface area contributed by atoms with E-state index >= 15 is 0 Å². The number of methoxy groups -OCH3 is 1. The molecule has 33 heavy (non-hydrogen) atoms. The van der Waals surface area contributed by atoms with Crippen LogP contribution < -0.4 is 10.1 Å². The maximum atomic E-state index is 11.9. The van der Waals surface area contributed by atoms with Crippen LogP contribution in [0.15, 0.2) is 42.6 Å². The fraction of sp³-hybridized carbons (Fsp3) is 0.407. The molecule has 1 heterocycles. The van der Waals surface area contributed by atoms with Gasteiger partial charge < -0.3 is 20.1 Å². The Morgan fingerprint density at radius 3 is 2.61 bits per heavy atom. The van der Waals surface area contributed by atoms with Crippen LogP contribution in [0.4, 0.5) is 0 Å². The number of benzene rings is 2. The minimum absolute atomic E-state index is 0.0802. The lowest BCUT2D eigenvalue weighted by molar-refractivity contribution is -0.121. The number of H-pyrrole nitrogens is 1. The predicted molar refractivity (Wildman–Crippen MR) is 131 cm³/mol. The van der Waals surface area contributed by atoms with E-state index in [1.165, 1.54) is 11.1 Å². The topological polar surface area (TPSA) is 91.4 Å². The van der Waals surface area contributed by atoms with Crippen LogP contribution in [-0.4, -0.2) is 35.6 Å². The molecule has 0 aliphatic heterocycles. The van der Waals surface area contributed by atoms with Gasteiger partial charge in [0.2, 0.25) is 5.91 Å². The van der Waals surface area contributed by atoms with Gasteiger partial charge in [0.05, 0.1) is 12.7 Å². The number of aromatic nitrogens is 1. The summed E-state index contributed by atoms with van der Waals surface area (Å²) in [5.41, 5.74) is 4.65. The molecule has 176 valence electrons. The van der Waals surface area contributed by atoms with E-state index in [2.05, 4.69) is 41.6 Å². The summed E-state index contributed by atoms with van der Waals surface area (Å²) in [5, 5.41) is 13.4. The minimum atomic E-state index is -0.966. The molecule has 6 nitrogen and oxygen atoms in total. The van der Waals surface area contributed by atoms with Crippen molar-refractivity contribution >= 4 is 22.8 Å². The zero-order chi connectivity index (χ0) is 23.8. The first kappa shape index (κ1) is 24.4. The first-order valence-corrected chi connectivity index (χ1v) is 11.8. The molecule has 0 bridgehead atoms. The van der Waals surface area contributed by atoms with Gasteiger partial charge >= 0.3 is 5.97 Å². The Labute approximate surface area is 195 Å². The van der Waals surface area contributed by atoms with E-state index < -0.39 is 5.97 Å². The molecule has 0 radical (unpaired) electrons. The Balaban J connectivity index is 1.88. The lowest BCUT2D eigenvalue weighted by Gasteiger charge is -2.20. The fourth-order valence-corrected chi connectivity index (χ4v) is 4.34. The smallest absolute Gasteiger partial charge is 0.335 e. The molecule has 6 heteroatoms. The zero-order valence-corrected chi connectivity index (χ0v) is 19.7. The molecule has 1 aromatic heterocycles. The van der Waals surface area contributed by atoms with Gasteiger partial charge in [0, 0.05) is 41.5 Å². The summed E-state index contributed by atoms with van der Waals surface area (Å²) < 4.78 is 5.59. The number of ether oxygens (including phenoxy) is 1. The average Bonchev–Trinajstić information content (AvgIpc) is 3.23. The van der Waals surface area contributed by atoms with Gasteiger partial charge in [0.25, 0.3) is 0 Å². The monoisotopic (exact) mass is 450 g/mol. The van der Waals surface area contributed by atoms with Gasteiger partial charge in [-0.3, -0.25) is 4.79 Å². The van der Waals surface area contributed by atoms with E-state index in [0.29, 0.717) is 12.2 Å². The average molecular weight is 451 g/mol. The number of fused-ring (bicyclic) bond motifs is 1. The Bertz CT molecular complexity index is 1100. The number of aromatic carboxylic acids is 1. The van der Waals surface area contributed by atoms with Gasteiger partial charge in [-0.2, -0.15) is 0 Å². The third-order valence-corrected chi connectivity index (χ3v) is 6.03. The molecule has 2 aromatic carbocycles. The van der Waals surface area contributed by atoms with Crippen molar-refractivity contribution in [2.24, 2.45) is 0 Å². The Hall–Kier alpha value is -3.28. The summed E-state index contributed by atoms with van der Waals surface area (Å²) >= 11 is 0. The summed E-state index contributed by atoms with van der Waals surface area (Å²) in [6, 6.07) is 11.5. The van der Waals surface area contributed by atoms with Crippen molar-refractivity contribution in [2.75, 3.05) is 13.7 Å². The Morgan fingerprint density at radius 1 is 1.09 bits per heavy atom. The Morgan fingerprint density at radius 2 is 1.91 bits per heavy atom. The van der Waals surface area contributed by atoms with E-state index in [1.807, 2.05) is 13.0 Å². The predicted octanol–water partition coefficient (Wildman–Crippen LogP) is 5.66. The van der Waals surface area contributed by atoms with Crippen molar-refractivity contribution in [3.63, 3.8) is 0 Å². The number of aromatic amines is 1. The molecule has 0 aliphatic rings. The summed E-state index contributed by atoms with van der Waals surface area (Å²) in [5.74, 6) is -0.180. The molecule has 0 saturated carbocycles. The van der Waals surface area contributed by atoms with Crippen LogP contribution in [0.2, 0.25) is 0 Å². The van der Waals surface area contributed by atoms with Gasteiger partial charge in [-0.15, -0.1) is 0 Å². The molecular weight excluding hydrogens is 416 g/mol. The molecule has 0 saturated heterocycles. The van der Waals surface area contributed by atoms with E-state index in [0.717, 1.165) is 55.1 Å². The maximum absolute atomic E-state index is 11.9. The summed E-state index contributed by atoms with van der Waals surface area (Å²) in [7, 11) is 1.58. The van der Waals surface area contributed by atoms with Crippen molar-refractivity contribution in [1.82, 2.24) is 10.3 Å². The van der Waals surface area contributed by atoms with Gasteiger partial charge in [-0.25, -0.2) is 4.79 Å². The maximum Gasteiger partial charge on any atom is 0.335 e. The largest absolute Gasteiger partial charge is 0.496 e. The summed E-state index contributed by atoms with van der Waals surface area (Å²) in [6.07, 6.45) is 7.08. The molecular formula is C27H34N2O4. The molecule has 3 aromatic rings. The highest BCUT2D eigenvalue weighted by Crippen LogP contribution is 2.39. The van der Waals surface area contributed by atoms with Crippen molar-refractivity contribution < 1.29 is 19.4 Å². The number of carboxylic acid groups (broad SMARTS) is 1. The molecule has 3 rings (SSSR count). The molecule has 1 unspecified atom stereocenters. The van der Waals surface area contributed by atoms with E-state index in [4.69, 9.17) is 4.74 Å². The number of aryl methyl sites for hydroxylation is 1. The third kappa shape index (κ3) is 5.95. The lowest BCUT2D eigenvalue weighted by Crippen LogP contribution is -2.23. The number of carbonyl (C=O) groups is 2. The van der Waals surface area contributed by atoms with Gasteiger partial charge in [-0.05, 0) is 61.1 Å². The second-order valence-corrected chi connectivity index (χ2v) is 8.43. The van der Waals surface area contributed by atoms with Gasteiger partial charge in [0.1, 0.15) is 5.75 Å². The van der Waals surface area contributed by atoms with Crippen molar-refractivity contribution in [2.45, 2.75) is 58.3 Å². The highest BCUT2D eigenvalue weighted by atomic mass is 16.5. The molecule has 1 atom stereocenters. The fourth-order valence-electron chi connectivity index (χ4n) is 4.34. The van der Waals surface area contributed by atoms with E-state index in [-0.39, 0.29) is 17.4 Å². The van der Waals surface area contributed by atoms with Gasteiger partial charge in [-0.1, -0.05) is 32.4 Å². The van der Waals surface area contributed by atoms with E-state index in [1.54, 1.807) is 19.2 Å². The number of hydrogen-bond donors (Lipinski definition) is 3. The van der Waals surface area contributed by atoms with Crippen LogP contribution in [0.25, 0.3) is 10.9 Å². The van der Waals surface area contributed by atoms with Crippen molar-refractivity contribution in [1.29, 1.82) is 0 Å². The molecule has 1 amide bonds. The second-order valence-electron chi connectivity index (χ2n) is 8.43. The van der Waals surface area contributed by atoms with Crippen molar-refractivity contribution in [3.05, 3.63) is 64.8 Å². The quantitative estimate of drug-likeness (QED) is 0.332. The molecule has 0 aliphatic carbocycles. The first-order valence-electron chi connectivity index (χ1n) is 11.8. The number of carbonyl (C=O) groups excluding carboxylic acids is 1. The summed E-state index contributed by atoms with van der Waals surface area (Å²) in [6.45, 7) is 4.92.